The summed E-state index contributed by atoms with van der Waals surface area (Å²) in [5.74, 6) is -0.914. The average Bonchev–Trinajstić information content (AvgIpc) is 2.86. The number of rotatable bonds is 4. The van der Waals surface area contributed by atoms with Crippen molar-refractivity contribution in [1.29, 1.82) is 0 Å². The molecular formula is C14H13ClN2O3S. The zero-order valence-electron chi connectivity index (χ0n) is 11.5. The Morgan fingerprint density at radius 1 is 1.43 bits per heavy atom. The van der Waals surface area contributed by atoms with Crippen molar-refractivity contribution in [3.63, 3.8) is 0 Å². The van der Waals surface area contributed by atoms with Crippen LogP contribution in [-0.2, 0) is 9.53 Å². The lowest BCUT2D eigenvalue weighted by atomic mass is 10.2. The second-order valence-corrected chi connectivity index (χ2v) is 5.63. The third kappa shape index (κ3) is 3.80. The molecule has 0 bridgehead atoms. The second kappa shape index (κ2) is 6.69. The Morgan fingerprint density at radius 3 is 2.86 bits per heavy atom. The molecule has 0 saturated carbocycles. The second-order valence-electron chi connectivity index (χ2n) is 4.19. The van der Waals surface area contributed by atoms with Crippen LogP contribution in [0.1, 0.15) is 15.4 Å². The average molecular weight is 325 g/mol. The van der Waals surface area contributed by atoms with E-state index in [1.807, 2.05) is 12.1 Å². The van der Waals surface area contributed by atoms with Gasteiger partial charge in [0.1, 0.15) is 9.88 Å². The molecule has 0 fully saturated rings. The van der Waals surface area contributed by atoms with Gasteiger partial charge in [0, 0.05) is 17.6 Å². The molecule has 5 nitrogen and oxygen atoms in total. The zero-order valence-corrected chi connectivity index (χ0v) is 13.0. The summed E-state index contributed by atoms with van der Waals surface area (Å²) in [7, 11) is 1.48. The molecule has 0 radical (unpaired) electrons. The molecule has 0 spiro atoms. The topological polar surface area (TPSA) is 68.3 Å². The monoisotopic (exact) mass is 324 g/mol. The van der Waals surface area contributed by atoms with Gasteiger partial charge in [0.05, 0.1) is 5.69 Å². The Bertz CT molecular complexity index is 685. The van der Waals surface area contributed by atoms with Crippen molar-refractivity contribution in [3.8, 4) is 10.6 Å². The standard InChI is InChI=1S/C14H13ClN2O3S/c1-8-12(14(19)20-7-11(18)16-2)21-13(17-8)9-4-3-5-10(15)6-9/h3-6H,7H2,1-2H3,(H,16,18). The molecule has 1 aromatic heterocycles. The van der Waals surface area contributed by atoms with Gasteiger partial charge in [0.15, 0.2) is 6.61 Å². The number of hydrogen-bond donors (Lipinski definition) is 1. The first-order valence-corrected chi connectivity index (χ1v) is 7.31. The summed E-state index contributed by atoms with van der Waals surface area (Å²) in [6.45, 7) is 1.42. The number of carbonyl (C=O) groups excluding carboxylic acids is 2. The molecule has 7 heteroatoms. The number of carbonyl (C=O) groups is 2. The van der Waals surface area contributed by atoms with Crippen LogP contribution < -0.4 is 5.32 Å². The van der Waals surface area contributed by atoms with Crippen molar-refractivity contribution in [2.45, 2.75) is 6.92 Å². The minimum absolute atomic E-state index is 0.306. The predicted octanol–water partition coefficient (Wildman–Crippen LogP) is 2.67. The van der Waals surface area contributed by atoms with Crippen molar-refractivity contribution in [2.75, 3.05) is 13.7 Å². The molecule has 0 aliphatic heterocycles. The summed E-state index contributed by atoms with van der Waals surface area (Å²) in [6.07, 6.45) is 0. The van der Waals surface area contributed by atoms with E-state index in [0.29, 0.717) is 20.6 Å². The number of esters is 1. The maximum Gasteiger partial charge on any atom is 0.350 e. The van der Waals surface area contributed by atoms with Crippen LogP contribution >= 0.6 is 22.9 Å². The number of nitrogens with one attached hydrogen (secondary N) is 1. The highest BCUT2D eigenvalue weighted by Crippen LogP contribution is 2.29. The molecule has 1 aromatic carbocycles. The summed E-state index contributed by atoms with van der Waals surface area (Å²) in [5.41, 5.74) is 1.40. The fourth-order valence-electron chi connectivity index (χ4n) is 1.60. The summed E-state index contributed by atoms with van der Waals surface area (Å²) in [4.78, 5) is 27.8. The Hall–Kier alpha value is -1.92. The molecule has 0 unspecified atom stereocenters. The number of halogens is 1. The van der Waals surface area contributed by atoms with Crippen LogP contribution in [0.4, 0.5) is 0 Å². The number of benzene rings is 1. The normalized spacial score (nSPS) is 10.2. The number of ether oxygens (including phenoxy) is 1. The minimum atomic E-state index is -0.554. The lowest BCUT2D eigenvalue weighted by Gasteiger charge is -2.01. The fraction of sp³-hybridized carbons (Fsp3) is 0.214. The molecule has 1 amide bonds. The molecule has 0 aliphatic carbocycles. The van der Waals surface area contributed by atoms with E-state index in [2.05, 4.69) is 10.3 Å². The fourth-order valence-corrected chi connectivity index (χ4v) is 2.75. The molecule has 2 aromatic rings. The van der Waals surface area contributed by atoms with E-state index in [1.165, 1.54) is 18.4 Å². The molecule has 0 aliphatic rings. The van der Waals surface area contributed by atoms with E-state index in [9.17, 15) is 9.59 Å². The van der Waals surface area contributed by atoms with Gasteiger partial charge in [0.25, 0.3) is 5.91 Å². The lowest BCUT2D eigenvalue weighted by molar-refractivity contribution is -0.123. The van der Waals surface area contributed by atoms with E-state index in [-0.39, 0.29) is 12.5 Å². The summed E-state index contributed by atoms with van der Waals surface area (Å²) in [5, 5.41) is 3.66. The van der Waals surface area contributed by atoms with Gasteiger partial charge in [-0.2, -0.15) is 0 Å². The number of thiazole rings is 1. The van der Waals surface area contributed by atoms with Gasteiger partial charge in [-0.15, -0.1) is 11.3 Å². The summed E-state index contributed by atoms with van der Waals surface area (Å²) >= 11 is 7.16. The van der Waals surface area contributed by atoms with Crippen molar-refractivity contribution >= 4 is 34.8 Å². The van der Waals surface area contributed by atoms with Crippen molar-refractivity contribution in [1.82, 2.24) is 10.3 Å². The highest BCUT2D eigenvalue weighted by atomic mass is 35.5. The van der Waals surface area contributed by atoms with E-state index in [0.717, 1.165) is 5.56 Å². The van der Waals surface area contributed by atoms with Gasteiger partial charge in [-0.3, -0.25) is 4.79 Å². The maximum absolute atomic E-state index is 11.9. The van der Waals surface area contributed by atoms with Gasteiger partial charge in [-0.25, -0.2) is 9.78 Å². The van der Waals surface area contributed by atoms with Crippen LogP contribution in [0.15, 0.2) is 24.3 Å². The molecule has 2 rings (SSSR count). The number of hydrogen-bond acceptors (Lipinski definition) is 5. The number of likely N-dealkylation sites (N-methyl/N-ethyl adjacent to an activating group) is 1. The first kappa shape index (κ1) is 15.5. The van der Waals surface area contributed by atoms with Gasteiger partial charge >= 0.3 is 5.97 Å². The lowest BCUT2D eigenvalue weighted by Crippen LogP contribution is -2.25. The highest BCUT2D eigenvalue weighted by molar-refractivity contribution is 7.17. The first-order chi connectivity index (χ1) is 10.0. The van der Waals surface area contributed by atoms with Crippen LogP contribution in [0, 0.1) is 6.92 Å². The van der Waals surface area contributed by atoms with Crippen molar-refractivity contribution < 1.29 is 14.3 Å². The largest absolute Gasteiger partial charge is 0.451 e. The van der Waals surface area contributed by atoms with E-state index in [4.69, 9.17) is 16.3 Å². The number of amides is 1. The Balaban J connectivity index is 2.19. The number of aromatic nitrogens is 1. The van der Waals surface area contributed by atoms with E-state index in [1.54, 1.807) is 19.1 Å². The summed E-state index contributed by atoms with van der Waals surface area (Å²) in [6, 6.07) is 7.23. The third-order valence-electron chi connectivity index (χ3n) is 2.67. The van der Waals surface area contributed by atoms with Crippen molar-refractivity contribution in [3.05, 3.63) is 39.9 Å². The van der Waals surface area contributed by atoms with Crippen LogP contribution in [0.2, 0.25) is 5.02 Å². The Morgan fingerprint density at radius 2 is 2.19 bits per heavy atom. The van der Waals surface area contributed by atoms with Crippen LogP contribution in [-0.4, -0.2) is 30.5 Å². The predicted molar refractivity (Wildman–Crippen MR) is 81.6 cm³/mol. The molecule has 1 N–H and O–H groups in total. The van der Waals surface area contributed by atoms with Crippen molar-refractivity contribution in [2.24, 2.45) is 0 Å². The number of nitrogens with zero attached hydrogens (tertiary/aromatic N) is 1. The smallest absolute Gasteiger partial charge is 0.350 e. The van der Waals surface area contributed by atoms with Gasteiger partial charge in [0.2, 0.25) is 0 Å². The molecule has 0 atom stereocenters. The Kier molecular flexibility index (Phi) is 4.93. The third-order valence-corrected chi connectivity index (χ3v) is 4.09. The van der Waals surface area contributed by atoms with E-state index >= 15 is 0 Å². The van der Waals surface area contributed by atoms with Gasteiger partial charge < -0.3 is 10.1 Å². The minimum Gasteiger partial charge on any atom is -0.451 e. The maximum atomic E-state index is 11.9. The van der Waals surface area contributed by atoms with Gasteiger partial charge in [-0.05, 0) is 19.1 Å². The van der Waals surface area contributed by atoms with Crippen LogP contribution in [0.3, 0.4) is 0 Å². The molecule has 1 heterocycles. The van der Waals surface area contributed by atoms with Crippen LogP contribution in [0.5, 0.6) is 0 Å². The highest BCUT2D eigenvalue weighted by Gasteiger charge is 2.18. The summed E-state index contributed by atoms with van der Waals surface area (Å²) < 4.78 is 4.93. The first-order valence-electron chi connectivity index (χ1n) is 6.12. The zero-order chi connectivity index (χ0) is 15.4. The molecule has 21 heavy (non-hydrogen) atoms. The quantitative estimate of drug-likeness (QED) is 0.878. The molecular weight excluding hydrogens is 312 g/mol. The molecule has 0 saturated heterocycles. The SMILES string of the molecule is CNC(=O)COC(=O)c1sc(-c2cccc(Cl)c2)nc1C. The Labute approximate surface area is 130 Å². The molecule has 110 valence electrons. The van der Waals surface area contributed by atoms with Gasteiger partial charge in [-0.1, -0.05) is 23.7 Å². The van der Waals surface area contributed by atoms with E-state index < -0.39 is 5.97 Å². The number of aryl methyl sites for hydroxylation is 1. The van der Waals surface area contributed by atoms with Crippen LogP contribution in [0.25, 0.3) is 10.6 Å².